The van der Waals surface area contributed by atoms with Crippen molar-refractivity contribution in [2.45, 2.75) is 199 Å². The zero-order chi connectivity index (χ0) is 84.6. The zero-order valence-corrected chi connectivity index (χ0v) is 68.0. The van der Waals surface area contributed by atoms with E-state index in [9.17, 15) is 72.5 Å². The number of nitrogens with zero attached hydrogens (tertiary/aromatic N) is 3. The molecule has 11 atom stereocenters. The molecule has 0 radical (unpaired) electrons. The number of benzene rings is 4. The number of halogens is 1. The smallest absolute Gasteiger partial charge is 0.247 e. The van der Waals surface area contributed by atoms with Gasteiger partial charge in [-0.05, 0) is 147 Å². The molecule has 5 aromatic rings. The van der Waals surface area contributed by atoms with Crippen molar-refractivity contribution in [1.29, 1.82) is 0 Å². The third-order valence-corrected chi connectivity index (χ3v) is 20.9. The standard InChI is InChI=1S/C84H111ClN12O17S/c1-49(2)34-59(78(108)92-66(17-10-11-32-89-50(3)4)84(114)97-33-13-18-70(97)81(111)91-52(6)72(102)29-30-76(106)90-46-65(101)41-62(48-115)77(87)107)42-74(104)68(44-75(86)105)94-82(112)71(40-54-22-27-64(100)28-23-54)96(7)83(113)69(47-98)95-80(110)61(38-56-14-12-31-88-45-56)43-73(103)67(39-53-20-25-63(85)26-21-53)93-79(109)60(35-51(5)99)37-55-19-24-57-15-8-9-16-58(57)36-55/h8-9,12,14-16,19-28,31,36,45,49-50,52,59-62,66-71,89,98,100,115H,10-11,13,17-18,29-30,32-35,37-44,46-48H2,1-7H3,(H2,86,105)(H2,87,107)(H,90,106)(H,91,111)(H,92,108)(H,93,109)(H,94,112)(H,95,110)/t52-,59-,60-,61+,62+,66+,67-,68-,69+,70+,71+/m1/s1. The molecule has 31 heteroatoms. The number of aromatic hydroxyl groups is 1. The fourth-order valence-corrected chi connectivity index (χ4v) is 14.3. The van der Waals surface area contributed by atoms with Crippen molar-refractivity contribution in [3.05, 3.63) is 143 Å². The first kappa shape index (κ1) is 93.6. The molecule has 0 aliphatic carbocycles. The summed E-state index contributed by atoms with van der Waals surface area (Å²) in [5, 5.41) is 43.0. The molecule has 0 bridgehead atoms. The van der Waals surface area contributed by atoms with E-state index in [0.29, 0.717) is 47.5 Å². The summed E-state index contributed by atoms with van der Waals surface area (Å²) in [6.45, 7) is 9.52. The van der Waals surface area contributed by atoms with E-state index in [2.05, 4.69) is 54.8 Å². The van der Waals surface area contributed by atoms with Crippen molar-refractivity contribution in [1.82, 2.24) is 52.0 Å². The highest BCUT2D eigenvalue weighted by Crippen LogP contribution is 2.27. The minimum absolute atomic E-state index is 0.0379. The number of fused-ring (bicyclic) bond motifs is 1. The largest absolute Gasteiger partial charge is 0.508 e. The van der Waals surface area contributed by atoms with Gasteiger partial charge in [0.2, 0.25) is 59.1 Å². The number of aliphatic hydroxyl groups excluding tert-OH is 1. The van der Waals surface area contributed by atoms with Crippen molar-refractivity contribution >= 4 is 123 Å². The maximum absolute atomic E-state index is 15.1. The second-order valence-electron chi connectivity index (χ2n) is 30.5. The quantitative estimate of drug-likeness (QED) is 0.0189. The number of amides is 10. The zero-order valence-electron chi connectivity index (χ0n) is 66.4. The van der Waals surface area contributed by atoms with Crippen LogP contribution in [-0.2, 0) is 97.6 Å². The highest BCUT2D eigenvalue weighted by atomic mass is 35.5. The Morgan fingerprint density at radius 1 is 0.617 bits per heavy atom. The Morgan fingerprint density at radius 2 is 1.22 bits per heavy atom. The minimum Gasteiger partial charge on any atom is -0.508 e. The molecule has 1 fully saturated rings. The van der Waals surface area contributed by atoms with Crippen LogP contribution < -0.4 is 48.7 Å². The highest BCUT2D eigenvalue weighted by molar-refractivity contribution is 7.80. The molecule has 622 valence electrons. The first-order chi connectivity index (χ1) is 54.6. The van der Waals surface area contributed by atoms with Gasteiger partial charge in [-0.15, -0.1) is 0 Å². The van der Waals surface area contributed by atoms with Crippen LogP contribution in [0.3, 0.4) is 0 Å². The van der Waals surface area contributed by atoms with Crippen LogP contribution in [0.5, 0.6) is 5.75 Å². The van der Waals surface area contributed by atoms with Gasteiger partial charge in [0.25, 0.3) is 0 Å². The number of rotatable bonds is 50. The summed E-state index contributed by atoms with van der Waals surface area (Å²) in [6.07, 6.45) is 1.31. The van der Waals surface area contributed by atoms with Gasteiger partial charge in [0, 0.05) is 106 Å². The summed E-state index contributed by atoms with van der Waals surface area (Å²) in [4.78, 5) is 215. The number of thiol groups is 1. The number of Topliss-reactive ketones (excluding diaryl/α,β-unsaturated/α-hetero) is 5. The SMILES string of the molecule is CC(=O)C[C@H](Cc1ccc2ccccc2c1)C(=O)N[C@H](Cc1ccc(Cl)cc1)C(=O)C[C@H](Cc1cccnc1)C(=O)N[C@@H](CO)C(=O)N(C)[C@@H](Cc1ccc(O)cc1)C(=O)N[C@H](CC(N)=O)C(=O)C[C@@H](CC(C)C)C(=O)N[C@@H](CCCCNC(C)C)C(=O)N1CCC[C@H]1C(=O)N[C@H](C)C(=O)CCC(=O)NCC(=O)C[C@@H](CS)C(N)=O. The predicted octanol–water partition coefficient (Wildman–Crippen LogP) is 4.41. The van der Waals surface area contributed by atoms with Crippen LogP contribution in [0.2, 0.25) is 5.02 Å². The van der Waals surface area contributed by atoms with Gasteiger partial charge in [-0.1, -0.05) is 112 Å². The highest BCUT2D eigenvalue weighted by Gasteiger charge is 2.42. The molecule has 29 nitrogen and oxygen atoms in total. The number of phenols is 1. The normalized spacial score (nSPS) is 15.3. The Labute approximate surface area is 681 Å². The van der Waals surface area contributed by atoms with E-state index >= 15 is 9.59 Å². The van der Waals surface area contributed by atoms with Crippen molar-refractivity contribution in [2.75, 3.05) is 39.0 Å². The first-order valence-corrected chi connectivity index (χ1v) is 40.0. The molecule has 13 N–H and O–H groups in total. The number of aromatic nitrogens is 1. The van der Waals surface area contributed by atoms with Crippen LogP contribution in [0, 0.1) is 29.6 Å². The second-order valence-corrected chi connectivity index (χ2v) is 31.3. The Bertz CT molecular complexity index is 4210. The monoisotopic (exact) mass is 1630 g/mol. The molecule has 2 heterocycles. The van der Waals surface area contributed by atoms with E-state index in [1.165, 1.54) is 62.5 Å². The lowest BCUT2D eigenvalue weighted by molar-refractivity contribution is -0.144. The second kappa shape index (κ2) is 46.9. The number of carbonyl (C=O) groups is 15. The van der Waals surface area contributed by atoms with Gasteiger partial charge in [0.1, 0.15) is 35.7 Å². The minimum atomic E-state index is -1.81. The average Bonchev–Trinajstić information content (AvgIpc) is 1.67. The summed E-state index contributed by atoms with van der Waals surface area (Å²) in [5.74, 6) is -15.3. The van der Waals surface area contributed by atoms with Crippen molar-refractivity contribution in [2.24, 2.45) is 41.1 Å². The molecule has 0 spiro atoms. The molecule has 6 rings (SSSR count). The number of hydrogen-bond acceptors (Lipinski definition) is 20. The lowest BCUT2D eigenvalue weighted by Crippen LogP contribution is -2.58. The van der Waals surface area contributed by atoms with E-state index in [4.69, 9.17) is 23.1 Å². The van der Waals surface area contributed by atoms with Gasteiger partial charge in [-0.25, -0.2) is 0 Å². The van der Waals surface area contributed by atoms with Crippen molar-refractivity contribution in [3.8, 4) is 5.75 Å². The number of likely N-dealkylation sites (tertiary alicyclic amines) is 1. The van der Waals surface area contributed by atoms with E-state index in [0.717, 1.165) is 21.2 Å². The number of likely N-dealkylation sites (N-methyl/N-ethyl adjacent to an activating group) is 1. The summed E-state index contributed by atoms with van der Waals surface area (Å²) < 4.78 is 0. The third-order valence-electron chi connectivity index (χ3n) is 20.2. The van der Waals surface area contributed by atoms with Crippen LogP contribution in [0.15, 0.2) is 116 Å². The fraction of sp³-hybridized carbons (Fsp3) is 0.500. The number of carbonyl (C=O) groups excluding carboxylic acids is 15. The summed E-state index contributed by atoms with van der Waals surface area (Å²) in [5.41, 5.74) is 13.3. The number of hydrogen-bond donors (Lipinski definition) is 12. The molecule has 0 unspecified atom stereocenters. The van der Waals surface area contributed by atoms with Crippen LogP contribution >= 0.6 is 24.2 Å². The van der Waals surface area contributed by atoms with Gasteiger partial charge in [-0.2, -0.15) is 12.6 Å². The molecule has 1 aliphatic rings. The van der Waals surface area contributed by atoms with Gasteiger partial charge in [0.05, 0.1) is 43.6 Å². The molecular weight excluding hydrogens is 1520 g/mol. The van der Waals surface area contributed by atoms with Crippen molar-refractivity contribution in [3.63, 3.8) is 0 Å². The molecule has 1 saturated heterocycles. The fourth-order valence-electron chi connectivity index (χ4n) is 13.8. The van der Waals surface area contributed by atoms with Gasteiger partial charge < -0.3 is 73.5 Å². The van der Waals surface area contributed by atoms with E-state index in [-0.39, 0.29) is 106 Å². The van der Waals surface area contributed by atoms with Crippen LogP contribution in [0.4, 0.5) is 0 Å². The molecule has 115 heavy (non-hydrogen) atoms. The van der Waals surface area contributed by atoms with Gasteiger partial charge in [0.15, 0.2) is 23.1 Å². The Balaban J connectivity index is 1.21. The number of phenolic OH excluding ortho intramolecular Hbond substituents is 1. The number of nitrogens with two attached hydrogens (primary N) is 2. The van der Waals surface area contributed by atoms with Gasteiger partial charge in [-0.3, -0.25) is 72.1 Å². The maximum Gasteiger partial charge on any atom is 0.247 e. The average molecular weight is 1630 g/mol. The number of unbranched alkanes of at least 4 members (excludes halogenated alkanes) is 1. The van der Waals surface area contributed by atoms with Crippen LogP contribution in [0.1, 0.15) is 147 Å². The number of aliphatic hydroxyl groups is 1. The molecule has 0 saturated carbocycles. The maximum atomic E-state index is 15.1. The number of nitrogens with one attached hydrogen (secondary N) is 7. The lowest BCUT2D eigenvalue weighted by atomic mass is 9.88. The Morgan fingerprint density at radius 3 is 1.84 bits per heavy atom. The van der Waals surface area contributed by atoms with Gasteiger partial charge >= 0.3 is 0 Å². The van der Waals surface area contributed by atoms with Crippen LogP contribution in [-0.4, -0.2) is 200 Å². The summed E-state index contributed by atoms with van der Waals surface area (Å²) in [7, 11) is 1.20. The first-order valence-electron chi connectivity index (χ1n) is 39.0. The molecule has 1 aliphatic heterocycles. The van der Waals surface area contributed by atoms with Crippen molar-refractivity contribution < 1.29 is 82.1 Å². The third kappa shape index (κ3) is 31.1. The molecule has 10 amide bonds. The molecule has 1 aromatic heterocycles. The van der Waals surface area contributed by atoms with Crippen LogP contribution in [0.25, 0.3) is 10.8 Å². The Kier molecular flexibility index (Phi) is 38.2. The van der Waals surface area contributed by atoms with E-state index in [1.54, 1.807) is 50.2 Å². The molecular formula is C84H111ClN12O17S. The van der Waals surface area contributed by atoms with E-state index in [1.807, 2.05) is 56.3 Å². The molecule has 4 aromatic carbocycles. The Hall–Kier alpha value is -10.3. The predicted molar refractivity (Wildman–Crippen MR) is 435 cm³/mol. The number of ketones is 5. The van der Waals surface area contributed by atoms with E-state index < -0.39 is 181 Å². The topological polar surface area (TPSA) is 452 Å². The summed E-state index contributed by atoms with van der Waals surface area (Å²) in [6, 6.07) is 19.1. The number of primary amides is 2. The lowest BCUT2D eigenvalue weighted by Gasteiger charge is -2.32. The number of pyridine rings is 1. The summed E-state index contributed by atoms with van der Waals surface area (Å²) >= 11 is 10.3.